The number of halogens is 1. The number of rotatable bonds is 2. The van der Waals surface area contributed by atoms with E-state index in [9.17, 15) is 0 Å². The minimum Gasteiger partial charge on any atom is -0.399 e. The molecule has 0 aromatic heterocycles. The second-order valence-corrected chi connectivity index (χ2v) is 3.26. The van der Waals surface area contributed by atoms with Crippen LogP contribution in [-0.2, 0) is 6.42 Å². The number of alkyl halides is 1. The van der Waals surface area contributed by atoms with Crippen LogP contribution in [0.4, 0.5) is 5.69 Å². The Balaban J connectivity index is 2.69. The third-order valence-electron chi connectivity index (χ3n) is 1.36. The van der Waals surface area contributed by atoms with E-state index in [0.717, 1.165) is 12.1 Å². The largest absolute Gasteiger partial charge is 0.399 e. The lowest BCUT2D eigenvalue weighted by atomic mass is 10.2. The lowest BCUT2D eigenvalue weighted by Gasteiger charge is -1.96. The van der Waals surface area contributed by atoms with E-state index in [0.29, 0.717) is 0 Å². The van der Waals surface area contributed by atoms with Crippen LogP contribution in [0, 0.1) is 0 Å². The summed E-state index contributed by atoms with van der Waals surface area (Å²) in [5.74, 6) is 0. The Labute approximate surface area is 74.8 Å². The van der Waals surface area contributed by atoms with Gasteiger partial charge in [-0.1, -0.05) is 34.7 Å². The fraction of sp³-hybridized carbons (Fsp3) is 0.250. The summed E-state index contributed by atoms with van der Waals surface area (Å²) in [6.07, 6.45) is 1.14. The average molecular weight is 247 g/mol. The number of nitrogen functional groups attached to an aromatic ring is 1. The third-order valence-corrected chi connectivity index (χ3v) is 1.90. The zero-order chi connectivity index (χ0) is 7.40. The van der Waals surface area contributed by atoms with Gasteiger partial charge in [-0.3, -0.25) is 0 Å². The number of hydrogen-bond donors (Lipinski definition) is 1. The molecule has 1 aromatic carbocycles. The van der Waals surface area contributed by atoms with Gasteiger partial charge in [-0.25, -0.2) is 0 Å². The smallest absolute Gasteiger partial charge is 0.0314 e. The lowest BCUT2D eigenvalue weighted by molar-refractivity contribution is 1.18. The van der Waals surface area contributed by atoms with Gasteiger partial charge in [-0.15, -0.1) is 0 Å². The van der Waals surface area contributed by atoms with E-state index >= 15 is 0 Å². The molecule has 0 unspecified atom stereocenters. The summed E-state index contributed by atoms with van der Waals surface area (Å²) in [5.41, 5.74) is 7.73. The molecule has 0 aliphatic carbocycles. The lowest BCUT2D eigenvalue weighted by Crippen LogP contribution is -1.87. The van der Waals surface area contributed by atoms with Gasteiger partial charge in [-0.2, -0.15) is 0 Å². The molecule has 0 spiro atoms. The Morgan fingerprint density at radius 1 is 1.20 bits per heavy atom. The van der Waals surface area contributed by atoms with Gasteiger partial charge in [0.1, 0.15) is 0 Å². The van der Waals surface area contributed by atoms with E-state index in [1.54, 1.807) is 0 Å². The SMILES string of the molecule is Nc1ccc(CCI)cc1. The van der Waals surface area contributed by atoms with Gasteiger partial charge >= 0.3 is 0 Å². The van der Waals surface area contributed by atoms with Crippen LogP contribution in [0.2, 0.25) is 0 Å². The van der Waals surface area contributed by atoms with Crippen molar-refractivity contribution in [3.05, 3.63) is 29.8 Å². The molecule has 0 amide bonds. The molecule has 0 atom stereocenters. The number of nitrogens with two attached hydrogens (primary N) is 1. The molecular formula is C8H10IN. The van der Waals surface area contributed by atoms with Crippen molar-refractivity contribution in [2.24, 2.45) is 0 Å². The first-order chi connectivity index (χ1) is 4.83. The summed E-state index contributed by atoms with van der Waals surface area (Å²) in [6.45, 7) is 0. The highest BCUT2D eigenvalue weighted by Gasteiger charge is 1.88. The Morgan fingerprint density at radius 3 is 2.30 bits per heavy atom. The third kappa shape index (κ3) is 2.17. The van der Waals surface area contributed by atoms with Gasteiger partial charge in [0.05, 0.1) is 0 Å². The zero-order valence-electron chi connectivity index (χ0n) is 5.68. The van der Waals surface area contributed by atoms with Crippen molar-refractivity contribution < 1.29 is 0 Å². The molecule has 0 bridgehead atoms. The molecule has 10 heavy (non-hydrogen) atoms. The molecule has 2 heteroatoms. The topological polar surface area (TPSA) is 26.0 Å². The van der Waals surface area contributed by atoms with Crippen molar-refractivity contribution in [2.75, 3.05) is 10.2 Å². The quantitative estimate of drug-likeness (QED) is 0.484. The van der Waals surface area contributed by atoms with Crippen molar-refractivity contribution in [3.63, 3.8) is 0 Å². The number of benzene rings is 1. The van der Waals surface area contributed by atoms with Crippen molar-refractivity contribution >= 4 is 28.3 Å². The Hall–Kier alpha value is -0.250. The van der Waals surface area contributed by atoms with E-state index in [4.69, 9.17) is 5.73 Å². The average Bonchev–Trinajstić information content (AvgIpc) is 1.95. The van der Waals surface area contributed by atoms with Gasteiger partial charge in [0.2, 0.25) is 0 Å². The normalized spacial score (nSPS) is 9.70. The maximum absolute atomic E-state index is 5.52. The molecule has 0 aliphatic heterocycles. The highest BCUT2D eigenvalue weighted by atomic mass is 127. The van der Waals surface area contributed by atoms with Gasteiger partial charge in [0.15, 0.2) is 0 Å². The first-order valence-electron chi connectivity index (χ1n) is 3.23. The summed E-state index contributed by atoms with van der Waals surface area (Å²) in [6, 6.07) is 8.05. The molecule has 0 saturated carbocycles. The van der Waals surface area contributed by atoms with Crippen molar-refractivity contribution in [3.8, 4) is 0 Å². The molecule has 1 aromatic rings. The fourth-order valence-electron chi connectivity index (χ4n) is 0.793. The molecule has 0 saturated heterocycles. The van der Waals surface area contributed by atoms with Crippen LogP contribution in [0.25, 0.3) is 0 Å². The summed E-state index contributed by atoms with van der Waals surface area (Å²) in [4.78, 5) is 0. The van der Waals surface area contributed by atoms with Crippen LogP contribution in [0.3, 0.4) is 0 Å². The number of anilines is 1. The summed E-state index contributed by atoms with van der Waals surface area (Å²) < 4.78 is 1.17. The first kappa shape index (κ1) is 7.85. The van der Waals surface area contributed by atoms with E-state index in [1.807, 2.05) is 12.1 Å². The van der Waals surface area contributed by atoms with Gasteiger partial charge < -0.3 is 5.73 Å². The molecule has 0 fully saturated rings. The second-order valence-electron chi connectivity index (χ2n) is 2.18. The highest BCUT2D eigenvalue weighted by Crippen LogP contribution is 2.06. The van der Waals surface area contributed by atoms with Crippen molar-refractivity contribution in [1.29, 1.82) is 0 Å². The minimum atomic E-state index is 0.845. The Morgan fingerprint density at radius 2 is 1.80 bits per heavy atom. The number of aryl methyl sites for hydroxylation is 1. The first-order valence-corrected chi connectivity index (χ1v) is 4.76. The predicted octanol–water partition coefficient (Wildman–Crippen LogP) is 2.25. The molecule has 0 aliphatic rings. The molecule has 54 valence electrons. The van der Waals surface area contributed by atoms with E-state index in [-0.39, 0.29) is 0 Å². The van der Waals surface area contributed by atoms with Crippen LogP contribution < -0.4 is 5.73 Å². The van der Waals surface area contributed by atoms with Crippen molar-refractivity contribution in [1.82, 2.24) is 0 Å². The molecular weight excluding hydrogens is 237 g/mol. The summed E-state index contributed by atoms with van der Waals surface area (Å²) in [5, 5.41) is 0. The van der Waals surface area contributed by atoms with E-state index in [2.05, 4.69) is 34.7 Å². The van der Waals surface area contributed by atoms with Crippen LogP contribution in [0.15, 0.2) is 24.3 Å². The van der Waals surface area contributed by atoms with Crippen LogP contribution >= 0.6 is 22.6 Å². The fourth-order valence-corrected chi connectivity index (χ4v) is 1.42. The van der Waals surface area contributed by atoms with Crippen LogP contribution in [0.5, 0.6) is 0 Å². The number of hydrogen-bond acceptors (Lipinski definition) is 1. The maximum atomic E-state index is 5.52. The maximum Gasteiger partial charge on any atom is 0.0314 e. The van der Waals surface area contributed by atoms with Gasteiger partial charge in [-0.05, 0) is 24.1 Å². The van der Waals surface area contributed by atoms with Crippen molar-refractivity contribution in [2.45, 2.75) is 6.42 Å². The molecule has 0 heterocycles. The van der Waals surface area contributed by atoms with E-state index < -0.39 is 0 Å². The Bertz CT molecular complexity index is 193. The Kier molecular flexibility index (Phi) is 2.99. The monoisotopic (exact) mass is 247 g/mol. The standard InChI is InChI=1S/C8H10IN/c9-6-5-7-1-3-8(10)4-2-7/h1-4H,5-6,10H2. The van der Waals surface area contributed by atoms with E-state index in [1.165, 1.54) is 9.99 Å². The predicted molar refractivity (Wildman–Crippen MR) is 53.4 cm³/mol. The molecule has 2 N–H and O–H groups in total. The zero-order valence-corrected chi connectivity index (χ0v) is 7.84. The molecule has 1 nitrogen and oxygen atoms in total. The van der Waals surface area contributed by atoms with Crippen LogP contribution in [-0.4, -0.2) is 4.43 Å². The molecule has 1 rings (SSSR count). The molecule has 0 radical (unpaired) electrons. The summed E-state index contributed by atoms with van der Waals surface area (Å²) >= 11 is 2.37. The van der Waals surface area contributed by atoms with Gasteiger partial charge in [0.25, 0.3) is 0 Å². The summed E-state index contributed by atoms with van der Waals surface area (Å²) in [7, 11) is 0. The highest BCUT2D eigenvalue weighted by molar-refractivity contribution is 14.1. The van der Waals surface area contributed by atoms with Crippen LogP contribution in [0.1, 0.15) is 5.56 Å². The second kappa shape index (κ2) is 3.81. The minimum absolute atomic E-state index is 0.845. The van der Waals surface area contributed by atoms with Gasteiger partial charge in [0, 0.05) is 10.1 Å².